The molecule has 0 saturated heterocycles. The molecule has 1 aromatic carbocycles. The van der Waals surface area contributed by atoms with Crippen LogP contribution < -0.4 is 5.32 Å². The molecule has 1 amide bonds. The number of phenolic OH excluding ortho intramolecular Hbond substituents is 1. The topological polar surface area (TPSA) is 66.4 Å². The molecule has 0 heterocycles. The molecular formula is C10H11NO3. The van der Waals surface area contributed by atoms with Gasteiger partial charge in [-0.1, -0.05) is 0 Å². The first kappa shape index (κ1) is 10.2. The molecule has 0 saturated carbocycles. The van der Waals surface area contributed by atoms with E-state index in [0.29, 0.717) is 11.3 Å². The van der Waals surface area contributed by atoms with Gasteiger partial charge in [0, 0.05) is 18.6 Å². The van der Waals surface area contributed by atoms with E-state index >= 15 is 0 Å². The molecule has 0 bridgehead atoms. The summed E-state index contributed by atoms with van der Waals surface area (Å²) in [5.41, 5.74) is 0.725. The lowest BCUT2D eigenvalue weighted by atomic mass is 10.1. The van der Waals surface area contributed by atoms with E-state index in [1.807, 2.05) is 0 Å². The number of rotatable bonds is 2. The summed E-state index contributed by atoms with van der Waals surface area (Å²) in [7, 11) is 0. The Hall–Kier alpha value is -1.84. The SMILES string of the molecule is CC(=O)Nc1cc(O)ccc1C(C)=O. The minimum Gasteiger partial charge on any atom is -0.508 e. The number of Topliss-reactive ketones (excluding diaryl/α,β-unsaturated/α-hetero) is 1. The fourth-order valence-electron chi connectivity index (χ4n) is 1.13. The second-order valence-corrected chi connectivity index (χ2v) is 2.97. The maximum Gasteiger partial charge on any atom is 0.221 e. The highest BCUT2D eigenvalue weighted by Gasteiger charge is 2.08. The Kier molecular flexibility index (Phi) is 2.86. The fraction of sp³-hybridized carbons (Fsp3) is 0.200. The van der Waals surface area contributed by atoms with E-state index in [1.165, 1.54) is 32.0 Å². The molecular weight excluding hydrogens is 182 g/mol. The minimum atomic E-state index is -0.280. The van der Waals surface area contributed by atoms with Gasteiger partial charge in [0.15, 0.2) is 5.78 Å². The summed E-state index contributed by atoms with van der Waals surface area (Å²) in [4.78, 5) is 21.9. The molecule has 1 aromatic rings. The zero-order chi connectivity index (χ0) is 10.7. The van der Waals surface area contributed by atoms with Crippen molar-refractivity contribution in [3.63, 3.8) is 0 Å². The highest BCUT2D eigenvalue weighted by atomic mass is 16.3. The molecule has 0 aliphatic rings. The third-order valence-electron chi connectivity index (χ3n) is 1.69. The van der Waals surface area contributed by atoms with Gasteiger partial charge < -0.3 is 10.4 Å². The van der Waals surface area contributed by atoms with Crippen molar-refractivity contribution in [2.45, 2.75) is 13.8 Å². The number of carbonyl (C=O) groups excluding carboxylic acids is 2. The number of phenols is 1. The van der Waals surface area contributed by atoms with Crippen molar-refractivity contribution in [1.82, 2.24) is 0 Å². The van der Waals surface area contributed by atoms with E-state index in [2.05, 4.69) is 5.32 Å². The average molecular weight is 193 g/mol. The van der Waals surface area contributed by atoms with Crippen molar-refractivity contribution in [2.75, 3.05) is 5.32 Å². The predicted molar refractivity (Wildman–Crippen MR) is 52.4 cm³/mol. The van der Waals surface area contributed by atoms with E-state index in [0.717, 1.165) is 0 Å². The van der Waals surface area contributed by atoms with E-state index < -0.39 is 0 Å². The van der Waals surface area contributed by atoms with Gasteiger partial charge in [-0.2, -0.15) is 0 Å². The van der Waals surface area contributed by atoms with Crippen LogP contribution in [0.15, 0.2) is 18.2 Å². The van der Waals surface area contributed by atoms with Gasteiger partial charge in [-0.25, -0.2) is 0 Å². The summed E-state index contributed by atoms with van der Waals surface area (Å²) in [5, 5.41) is 11.6. The summed E-state index contributed by atoms with van der Waals surface area (Å²) in [6.45, 7) is 2.74. The van der Waals surface area contributed by atoms with Gasteiger partial charge in [-0.3, -0.25) is 9.59 Å². The zero-order valence-electron chi connectivity index (χ0n) is 8.00. The fourth-order valence-corrected chi connectivity index (χ4v) is 1.13. The molecule has 0 spiro atoms. The maximum absolute atomic E-state index is 11.1. The molecule has 0 aliphatic carbocycles. The molecule has 14 heavy (non-hydrogen) atoms. The molecule has 0 aliphatic heterocycles. The van der Waals surface area contributed by atoms with Gasteiger partial charge in [0.05, 0.1) is 5.69 Å². The highest BCUT2D eigenvalue weighted by molar-refractivity contribution is 6.03. The zero-order valence-corrected chi connectivity index (χ0v) is 8.00. The largest absolute Gasteiger partial charge is 0.508 e. The van der Waals surface area contributed by atoms with Gasteiger partial charge in [0.1, 0.15) is 5.75 Å². The molecule has 1 rings (SSSR count). The van der Waals surface area contributed by atoms with Crippen LogP contribution >= 0.6 is 0 Å². The summed E-state index contributed by atoms with van der Waals surface area (Å²) >= 11 is 0. The highest BCUT2D eigenvalue weighted by Crippen LogP contribution is 2.21. The molecule has 74 valence electrons. The molecule has 0 unspecified atom stereocenters. The first-order valence-electron chi connectivity index (χ1n) is 4.12. The van der Waals surface area contributed by atoms with E-state index in [4.69, 9.17) is 5.11 Å². The maximum atomic E-state index is 11.1. The molecule has 0 aromatic heterocycles. The summed E-state index contributed by atoms with van der Waals surface area (Å²) < 4.78 is 0. The molecule has 0 radical (unpaired) electrons. The number of nitrogens with one attached hydrogen (secondary N) is 1. The average Bonchev–Trinajstić information content (AvgIpc) is 2.01. The van der Waals surface area contributed by atoms with Crippen molar-refractivity contribution in [3.8, 4) is 5.75 Å². The van der Waals surface area contributed by atoms with Gasteiger partial charge in [-0.05, 0) is 19.1 Å². The number of aromatic hydroxyl groups is 1. The lowest BCUT2D eigenvalue weighted by molar-refractivity contribution is -0.114. The second-order valence-electron chi connectivity index (χ2n) is 2.97. The van der Waals surface area contributed by atoms with Gasteiger partial charge in [0.2, 0.25) is 5.91 Å². The van der Waals surface area contributed by atoms with E-state index in [1.54, 1.807) is 0 Å². The number of hydrogen-bond donors (Lipinski definition) is 2. The first-order valence-corrected chi connectivity index (χ1v) is 4.12. The standard InChI is InChI=1S/C10H11NO3/c1-6(12)9-4-3-8(14)5-10(9)11-7(2)13/h3-5,14H,1-2H3,(H,11,13). The van der Waals surface area contributed by atoms with Crippen LogP contribution in [-0.4, -0.2) is 16.8 Å². The van der Waals surface area contributed by atoms with Crippen LogP contribution in [0.5, 0.6) is 5.75 Å². The smallest absolute Gasteiger partial charge is 0.221 e. The van der Waals surface area contributed by atoms with E-state index in [9.17, 15) is 9.59 Å². The van der Waals surface area contributed by atoms with Crippen LogP contribution in [0.1, 0.15) is 24.2 Å². The molecule has 4 heteroatoms. The van der Waals surface area contributed by atoms with Crippen LogP contribution in [0, 0.1) is 0 Å². The van der Waals surface area contributed by atoms with Gasteiger partial charge in [0.25, 0.3) is 0 Å². The van der Waals surface area contributed by atoms with Crippen molar-refractivity contribution < 1.29 is 14.7 Å². The number of carbonyl (C=O) groups is 2. The third-order valence-corrected chi connectivity index (χ3v) is 1.69. The number of ketones is 1. The van der Waals surface area contributed by atoms with Gasteiger partial charge in [-0.15, -0.1) is 0 Å². The van der Waals surface area contributed by atoms with E-state index in [-0.39, 0.29) is 17.4 Å². The Morgan fingerprint density at radius 2 is 1.93 bits per heavy atom. The van der Waals surface area contributed by atoms with Crippen LogP contribution in [0.25, 0.3) is 0 Å². The third kappa shape index (κ3) is 2.32. The Labute approximate surface area is 81.6 Å². The minimum absolute atomic E-state index is 0.0127. The van der Waals surface area contributed by atoms with Crippen molar-refractivity contribution in [2.24, 2.45) is 0 Å². The van der Waals surface area contributed by atoms with Crippen molar-refractivity contribution >= 4 is 17.4 Å². The summed E-state index contributed by atoms with van der Waals surface area (Å²) in [6.07, 6.45) is 0. The number of amides is 1. The molecule has 0 atom stereocenters. The Morgan fingerprint density at radius 3 is 2.43 bits per heavy atom. The Bertz CT molecular complexity index is 385. The lowest BCUT2D eigenvalue weighted by Gasteiger charge is -2.07. The summed E-state index contributed by atoms with van der Waals surface area (Å²) in [5.74, 6) is -0.425. The first-order chi connectivity index (χ1) is 6.50. The summed E-state index contributed by atoms with van der Waals surface area (Å²) in [6, 6.07) is 4.23. The van der Waals surface area contributed by atoms with Gasteiger partial charge >= 0.3 is 0 Å². The second kappa shape index (κ2) is 3.91. The number of benzene rings is 1. The quantitative estimate of drug-likeness (QED) is 0.700. The van der Waals surface area contributed by atoms with Crippen LogP contribution in [-0.2, 0) is 4.79 Å². The Balaban J connectivity index is 3.15. The predicted octanol–water partition coefficient (Wildman–Crippen LogP) is 1.55. The van der Waals surface area contributed by atoms with Crippen molar-refractivity contribution in [1.29, 1.82) is 0 Å². The van der Waals surface area contributed by atoms with Crippen LogP contribution in [0.3, 0.4) is 0 Å². The Morgan fingerprint density at radius 1 is 1.29 bits per heavy atom. The van der Waals surface area contributed by atoms with Crippen LogP contribution in [0.2, 0.25) is 0 Å². The molecule has 4 nitrogen and oxygen atoms in total. The van der Waals surface area contributed by atoms with Crippen molar-refractivity contribution in [3.05, 3.63) is 23.8 Å². The molecule has 0 fully saturated rings. The van der Waals surface area contributed by atoms with Crippen LogP contribution in [0.4, 0.5) is 5.69 Å². The monoisotopic (exact) mass is 193 g/mol. The normalized spacial score (nSPS) is 9.57. The molecule has 2 N–H and O–H groups in total. The lowest BCUT2D eigenvalue weighted by Crippen LogP contribution is -2.09. The number of hydrogen-bond acceptors (Lipinski definition) is 3. The number of anilines is 1.